The first kappa shape index (κ1) is 17.2. The van der Waals surface area contributed by atoms with E-state index in [1.807, 2.05) is 6.08 Å². The number of aryl methyl sites for hydroxylation is 1. The van der Waals surface area contributed by atoms with Crippen LogP contribution in [0.2, 0.25) is 0 Å². The Morgan fingerprint density at radius 2 is 1.92 bits per heavy atom. The fourth-order valence-corrected chi connectivity index (χ4v) is 3.15. The highest BCUT2D eigenvalue weighted by Crippen LogP contribution is 2.49. The van der Waals surface area contributed by atoms with Gasteiger partial charge in [0, 0.05) is 17.2 Å². The number of allylic oxidation sites excluding steroid dienone is 3. The lowest BCUT2D eigenvalue weighted by Crippen LogP contribution is -2.30. The average molecular weight is 336 g/mol. The van der Waals surface area contributed by atoms with Gasteiger partial charge in [-0.3, -0.25) is 0 Å². The monoisotopic (exact) mass is 336 g/mol. The van der Waals surface area contributed by atoms with Crippen LogP contribution < -0.4 is 9.47 Å². The van der Waals surface area contributed by atoms with Crippen molar-refractivity contribution in [3.63, 3.8) is 0 Å². The predicted octanol–water partition coefficient (Wildman–Crippen LogP) is 5.51. The first-order valence-corrected chi connectivity index (χ1v) is 8.38. The topological polar surface area (TPSA) is 38.7 Å². The van der Waals surface area contributed by atoms with Crippen molar-refractivity contribution < 1.29 is 14.6 Å². The van der Waals surface area contributed by atoms with Crippen LogP contribution >= 0.6 is 0 Å². The molecule has 1 heterocycles. The third-order valence-corrected chi connectivity index (χ3v) is 4.45. The van der Waals surface area contributed by atoms with E-state index < -0.39 is 5.60 Å². The molecule has 0 bridgehead atoms. The SMILES string of the molecule is COc1cc2c(cc1O)-c1cc(C)ccc1[C@](C)(/C=C/C=C(C)C)O2. The highest BCUT2D eigenvalue weighted by Gasteiger charge is 2.35. The number of hydrogen-bond donors (Lipinski definition) is 1. The van der Waals surface area contributed by atoms with Crippen molar-refractivity contribution in [3.05, 3.63) is 65.3 Å². The summed E-state index contributed by atoms with van der Waals surface area (Å²) in [6, 6.07) is 9.79. The van der Waals surface area contributed by atoms with Gasteiger partial charge in [0.25, 0.3) is 0 Å². The molecule has 2 aromatic carbocycles. The zero-order valence-electron chi connectivity index (χ0n) is 15.4. The van der Waals surface area contributed by atoms with Crippen LogP contribution in [0, 0.1) is 6.92 Å². The van der Waals surface area contributed by atoms with Crippen LogP contribution in [0.15, 0.2) is 54.1 Å². The fraction of sp³-hybridized carbons (Fsp3) is 0.273. The molecule has 0 aromatic heterocycles. The van der Waals surface area contributed by atoms with Gasteiger partial charge in [-0.15, -0.1) is 0 Å². The maximum absolute atomic E-state index is 10.2. The fourth-order valence-electron chi connectivity index (χ4n) is 3.15. The van der Waals surface area contributed by atoms with Crippen molar-refractivity contribution in [3.8, 4) is 28.4 Å². The molecule has 3 heteroatoms. The minimum Gasteiger partial charge on any atom is -0.504 e. The Morgan fingerprint density at radius 3 is 2.60 bits per heavy atom. The molecule has 0 radical (unpaired) electrons. The molecule has 1 aliphatic rings. The highest BCUT2D eigenvalue weighted by atomic mass is 16.5. The third kappa shape index (κ3) is 3.14. The number of phenolic OH excluding ortho intramolecular Hbond substituents is 1. The number of hydrogen-bond acceptors (Lipinski definition) is 3. The van der Waals surface area contributed by atoms with Gasteiger partial charge in [-0.25, -0.2) is 0 Å². The van der Waals surface area contributed by atoms with Gasteiger partial charge in [0.1, 0.15) is 5.75 Å². The summed E-state index contributed by atoms with van der Waals surface area (Å²) in [6.45, 7) is 8.25. The quantitative estimate of drug-likeness (QED) is 0.752. The molecule has 3 nitrogen and oxygen atoms in total. The molecule has 0 amide bonds. The molecule has 0 saturated heterocycles. The van der Waals surface area contributed by atoms with Gasteiger partial charge in [0.2, 0.25) is 0 Å². The second-order valence-corrected chi connectivity index (χ2v) is 6.88. The molecule has 3 rings (SSSR count). The summed E-state index contributed by atoms with van der Waals surface area (Å²) >= 11 is 0. The van der Waals surface area contributed by atoms with Gasteiger partial charge in [-0.1, -0.05) is 41.5 Å². The van der Waals surface area contributed by atoms with Crippen LogP contribution in [-0.2, 0) is 5.60 Å². The first-order valence-electron chi connectivity index (χ1n) is 8.38. The van der Waals surface area contributed by atoms with Crippen molar-refractivity contribution in [1.29, 1.82) is 0 Å². The van der Waals surface area contributed by atoms with Crippen LogP contribution in [0.1, 0.15) is 31.9 Å². The zero-order chi connectivity index (χ0) is 18.2. The van der Waals surface area contributed by atoms with Gasteiger partial charge < -0.3 is 14.6 Å². The van der Waals surface area contributed by atoms with Gasteiger partial charge in [0.15, 0.2) is 17.1 Å². The van der Waals surface area contributed by atoms with Crippen LogP contribution in [0.3, 0.4) is 0 Å². The van der Waals surface area contributed by atoms with Gasteiger partial charge in [-0.2, -0.15) is 0 Å². The Bertz CT molecular complexity index is 873. The van der Waals surface area contributed by atoms with Crippen LogP contribution in [0.25, 0.3) is 11.1 Å². The predicted molar refractivity (Wildman–Crippen MR) is 101 cm³/mol. The number of methoxy groups -OCH3 is 1. The molecule has 130 valence electrons. The summed E-state index contributed by atoms with van der Waals surface area (Å²) in [7, 11) is 1.54. The maximum Gasteiger partial charge on any atom is 0.164 e. The van der Waals surface area contributed by atoms with Gasteiger partial charge in [-0.05, 0) is 45.4 Å². The minimum absolute atomic E-state index is 0.112. The van der Waals surface area contributed by atoms with E-state index in [2.05, 4.69) is 58.0 Å². The smallest absolute Gasteiger partial charge is 0.164 e. The lowest BCUT2D eigenvalue weighted by atomic mass is 9.83. The van der Waals surface area contributed by atoms with E-state index in [4.69, 9.17) is 9.47 Å². The van der Waals surface area contributed by atoms with Crippen molar-refractivity contribution in [2.75, 3.05) is 7.11 Å². The molecule has 2 aromatic rings. The molecule has 25 heavy (non-hydrogen) atoms. The number of aromatic hydroxyl groups is 1. The highest BCUT2D eigenvalue weighted by molar-refractivity contribution is 5.80. The minimum atomic E-state index is -0.593. The number of ether oxygens (including phenoxy) is 2. The van der Waals surface area contributed by atoms with Gasteiger partial charge in [0.05, 0.1) is 7.11 Å². The molecule has 1 N–H and O–H groups in total. The first-order chi connectivity index (χ1) is 11.8. The lowest BCUT2D eigenvalue weighted by molar-refractivity contribution is 0.137. The zero-order valence-corrected chi connectivity index (χ0v) is 15.4. The molecular weight excluding hydrogens is 312 g/mol. The summed E-state index contributed by atoms with van der Waals surface area (Å²) in [5.41, 5.74) is 4.83. The Balaban J connectivity index is 2.21. The number of benzene rings is 2. The van der Waals surface area contributed by atoms with Gasteiger partial charge >= 0.3 is 0 Å². The van der Waals surface area contributed by atoms with E-state index in [0.29, 0.717) is 11.5 Å². The molecule has 1 atom stereocenters. The van der Waals surface area contributed by atoms with E-state index in [9.17, 15) is 5.11 Å². The third-order valence-electron chi connectivity index (χ3n) is 4.45. The molecule has 0 aliphatic carbocycles. The van der Waals surface area contributed by atoms with E-state index in [1.165, 1.54) is 12.7 Å². The Morgan fingerprint density at radius 1 is 1.16 bits per heavy atom. The standard InChI is InChI=1S/C22H24O3/c1-14(2)7-6-10-22(4)18-9-8-15(3)11-16(18)17-12-19(23)21(24-5)13-20(17)25-22/h6-13,23H,1-5H3/b10-6+/t22-/m0/s1. The summed E-state index contributed by atoms with van der Waals surface area (Å²) in [5, 5.41) is 10.2. The molecule has 0 fully saturated rings. The van der Waals surface area contributed by atoms with E-state index in [0.717, 1.165) is 22.3 Å². The van der Waals surface area contributed by atoms with Crippen LogP contribution in [0.5, 0.6) is 17.2 Å². The average Bonchev–Trinajstić information content (AvgIpc) is 2.54. The molecule has 0 saturated carbocycles. The van der Waals surface area contributed by atoms with E-state index in [-0.39, 0.29) is 5.75 Å². The van der Waals surface area contributed by atoms with E-state index in [1.54, 1.807) is 12.1 Å². The Labute approximate surface area is 149 Å². The van der Waals surface area contributed by atoms with Crippen LogP contribution in [-0.4, -0.2) is 12.2 Å². The molecule has 1 aliphatic heterocycles. The van der Waals surface area contributed by atoms with Crippen molar-refractivity contribution in [1.82, 2.24) is 0 Å². The largest absolute Gasteiger partial charge is 0.504 e. The maximum atomic E-state index is 10.2. The summed E-state index contributed by atoms with van der Waals surface area (Å²) in [4.78, 5) is 0. The van der Waals surface area contributed by atoms with Crippen molar-refractivity contribution in [2.45, 2.75) is 33.3 Å². The Hall–Kier alpha value is -2.68. The molecule has 0 unspecified atom stereocenters. The van der Waals surface area contributed by atoms with Crippen molar-refractivity contribution >= 4 is 0 Å². The molecule has 0 spiro atoms. The number of fused-ring (bicyclic) bond motifs is 3. The van der Waals surface area contributed by atoms with E-state index >= 15 is 0 Å². The van der Waals surface area contributed by atoms with Crippen molar-refractivity contribution in [2.24, 2.45) is 0 Å². The number of rotatable bonds is 3. The Kier molecular flexibility index (Phi) is 4.34. The number of phenols is 1. The lowest BCUT2D eigenvalue weighted by Gasteiger charge is -2.36. The molecular formula is C22H24O3. The second-order valence-electron chi connectivity index (χ2n) is 6.88. The summed E-state index contributed by atoms with van der Waals surface area (Å²) in [6.07, 6.45) is 6.16. The van der Waals surface area contributed by atoms with Crippen LogP contribution in [0.4, 0.5) is 0 Å². The summed E-state index contributed by atoms with van der Waals surface area (Å²) < 4.78 is 11.6. The summed E-state index contributed by atoms with van der Waals surface area (Å²) in [5.74, 6) is 1.23. The normalized spacial score (nSPS) is 18.3. The second kappa shape index (κ2) is 6.32.